The highest BCUT2D eigenvalue weighted by molar-refractivity contribution is 5.99. The Morgan fingerprint density at radius 2 is 1.45 bits per heavy atom. The van der Waals surface area contributed by atoms with Crippen molar-refractivity contribution < 1.29 is 23.8 Å². The first-order chi connectivity index (χ1) is 16.0. The Morgan fingerprint density at radius 3 is 2.03 bits per heavy atom. The van der Waals surface area contributed by atoms with Crippen molar-refractivity contribution in [3.05, 3.63) is 59.4 Å². The van der Waals surface area contributed by atoms with Gasteiger partial charge in [0.05, 0.1) is 32.7 Å². The Labute approximate surface area is 191 Å². The average Bonchev–Trinajstić information content (AvgIpc) is 3.49. The molecule has 1 aliphatic heterocycles. The van der Waals surface area contributed by atoms with Crippen LogP contribution in [-0.4, -0.2) is 71.2 Å². The Kier molecular flexibility index (Phi) is 6.16. The zero-order chi connectivity index (χ0) is 23.5. The minimum absolute atomic E-state index is 0.198. The molecule has 1 fully saturated rings. The number of ether oxygens (including phenoxy) is 3. The predicted molar refractivity (Wildman–Crippen MR) is 119 cm³/mol. The minimum Gasteiger partial charge on any atom is -0.493 e. The van der Waals surface area contributed by atoms with Crippen molar-refractivity contribution in [1.82, 2.24) is 25.0 Å². The van der Waals surface area contributed by atoms with Crippen molar-refractivity contribution in [2.24, 2.45) is 0 Å². The zero-order valence-electron chi connectivity index (χ0n) is 18.9. The fourth-order valence-corrected chi connectivity index (χ4v) is 3.76. The summed E-state index contributed by atoms with van der Waals surface area (Å²) in [6.07, 6.45) is 0.647. The molecular formula is C23H25N5O5. The molecule has 10 heteroatoms. The topological polar surface area (TPSA) is 99.0 Å². The van der Waals surface area contributed by atoms with Crippen LogP contribution in [-0.2, 0) is 0 Å². The highest BCUT2D eigenvalue weighted by atomic mass is 16.5. The van der Waals surface area contributed by atoms with Gasteiger partial charge >= 0.3 is 0 Å². The molecule has 0 atom stereocenters. The number of aryl methyl sites for hydroxylation is 1. The standard InChI is InChI=1S/C23H25N5O5/c1-15-20(25-28(24-15)17-9-6-5-7-10-17)23(30)27-12-8-11-26(27)22(29)16-13-18(31-2)21(33-4)19(14-16)32-3/h5-7,9-10,13-14H,8,11-12H2,1-4H3. The van der Waals surface area contributed by atoms with Gasteiger partial charge in [0.25, 0.3) is 11.8 Å². The van der Waals surface area contributed by atoms with Gasteiger partial charge in [0.2, 0.25) is 5.75 Å². The molecule has 1 aromatic heterocycles. The minimum atomic E-state index is -0.382. The lowest BCUT2D eigenvalue weighted by Gasteiger charge is -2.27. The van der Waals surface area contributed by atoms with E-state index in [-0.39, 0.29) is 17.5 Å². The molecule has 2 amide bonds. The summed E-state index contributed by atoms with van der Waals surface area (Å²) < 4.78 is 16.0. The van der Waals surface area contributed by atoms with E-state index in [0.29, 0.717) is 48.0 Å². The number of amides is 2. The van der Waals surface area contributed by atoms with Gasteiger partial charge in [-0.05, 0) is 37.6 Å². The fraction of sp³-hybridized carbons (Fsp3) is 0.304. The number of nitrogens with zero attached hydrogens (tertiary/aromatic N) is 5. The fourth-order valence-electron chi connectivity index (χ4n) is 3.76. The smallest absolute Gasteiger partial charge is 0.294 e. The Balaban J connectivity index is 1.63. The number of hydrazine groups is 1. The van der Waals surface area contributed by atoms with E-state index < -0.39 is 0 Å². The van der Waals surface area contributed by atoms with Gasteiger partial charge in [-0.25, -0.2) is 10.0 Å². The second-order valence-electron chi connectivity index (χ2n) is 7.38. The molecule has 10 nitrogen and oxygen atoms in total. The molecule has 1 saturated heterocycles. The Morgan fingerprint density at radius 1 is 0.848 bits per heavy atom. The maximum absolute atomic E-state index is 13.4. The molecule has 1 aliphatic rings. The van der Waals surface area contributed by atoms with Crippen LogP contribution in [0.15, 0.2) is 42.5 Å². The van der Waals surface area contributed by atoms with Gasteiger partial charge in [-0.2, -0.15) is 9.90 Å². The third-order valence-corrected chi connectivity index (χ3v) is 5.38. The number of para-hydroxylation sites is 1. The number of hydrogen-bond acceptors (Lipinski definition) is 7. The molecule has 0 radical (unpaired) electrons. The molecule has 33 heavy (non-hydrogen) atoms. The number of carbonyl (C=O) groups is 2. The van der Waals surface area contributed by atoms with E-state index in [1.54, 1.807) is 19.1 Å². The van der Waals surface area contributed by atoms with Crippen LogP contribution in [0, 0.1) is 6.92 Å². The maximum atomic E-state index is 13.4. The van der Waals surface area contributed by atoms with Gasteiger partial charge in [-0.15, -0.1) is 5.10 Å². The average molecular weight is 451 g/mol. The van der Waals surface area contributed by atoms with E-state index in [0.717, 1.165) is 5.69 Å². The monoisotopic (exact) mass is 451 g/mol. The lowest BCUT2D eigenvalue weighted by Crippen LogP contribution is -2.45. The first-order valence-electron chi connectivity index (χ1n) is 10.4. The summed E-state index contributed by atoms with van der Waals surface area (Å²) in [6, 6.07) is 12.5. The molecule has 3 aromatic rings. The summed E-state index contributed by atoms with van der Waals surface area (Å²) in [5.74, 6) is 0.373. The van der Waals surface area contributed by atoms with Gasteiger partial charge in [0.1, 0.15) is 0 Å². The van der Waals surface area contributed by atoms with Crippen molar-refractivity contribution in [2.45, 2.75) is 13.3 Å². The SMILES string of the molecule is COc1cc(C(=O)N2CCCN2C(=O)c2nn(-c3ccccc3)nc2C)cc(OC)c1OC. The molecule has 0 aliphatic carbocycles. The van der Waals surface area contributed by atoms with E-state index in [1.165, 1.54) is 36.1 Å². The van der Waals surface area contributed by atoms with Crippen LogP contribution in [0.5, 0.6) is 17.2 Å². The summed E-state index contributed by atoms with van der Waals surface area (Å²) >= 11 is 0. The van der Waals surface area contributed by atoms with E-state index in [9.17, 15) is 9.59 Å². The van der Waals surface area contributed by atoms with Crippen LogP contribution in [0.2, 0.25) is 0 Å². The van der Waals surface area contributed by atoms with Crippen LogP contribution in [0.1, 0.15) is 33.0 Å². The second-order valence-corrected chi connectivity index (χ2v) is 7.38. The molecule has 0 saturated carbocycles. The van der Waals surface area contributed by atoms with Crippen molar-refractivity contribution in [3.8, 4) is 22.9 Å². The van der Waals surface area contributed by atoms with Gasteiger partial charge in [0, 0.05) is 18.7 Å². The number of hydrogen-bond donors (Lipinski definition) is 0. The van der Waals surface area contributed by atoms with Crippen molar-refractivity contribution >= 4 is 11.8 Å². The molecule has 0 unspecified atom stereocenters. The molecule has 0 bridgehead atoms. The maximum Gasteiger partial charge on any atom is 0.294 e. The van der Waals surface area contributed by atoms with Crippen molar-refractivity contribution in [3.63, 3.8) is 0 Å². The van der Waals surface area contributed by atoms with Gasteiger partial charge in [-0.3, -0.25) is 9.59 Å². The predicted octanol–water partition coefficient (Wildman–Crippen LogP) is 2.50. The summed E-state index contributed by atoms with van der Waals surface area (Å²) in [5, 5.41) is 11.6. The third-order valence-electron chi connectivity index (χ3n) is 5.38. The molecule has 0 spiro atoms. The number of benzene rings is 2. The third kappa shape index (κ3) is 4.07. The Hall–Kier alpha value is -4.08. The van der Waals surface area contributed by atoms with Crippen LogP contribution >= 0.6 is 0 Å². The molecule has 2 heterocycles. The van der Waals surface area contributed by atoms with Crippen LogP contribution in [0.3, 0.4) is 0 Å². The highest BCUT2D eigenvalue weighted by Crippen LogP contribution is 2.38. The lowest BCUT2D eigenvalue weighted by atomic mass is 10.1. The van der Waals surface area contributed by atoms with Crippen LogP contribution in [0.4, 0.5) is 0 Å². The summed E-state index contributed by atoms with van der Waals surface area (Å²) in [4.78, 5) is 28.2. The molecule has 172 valence electrons. The zero-order valence-corrected chi connectivity index (χ0v) is 18.9. The van der Waals surface area contributed by atoms with Crippen molar-refractivity contribution in [1.29, 1.82) is 0 Å². The number of carbonyl (C=O) groups excluding carboxylic acids is 2. The number of rotatable bonds is 6. The van der Waals surface area contributed by atoms with Crippen LogP contribution in [0.25, 0.3) is 5.69 Å². The van der Waals surface area contributed by atoms with Gasteiger partial charge in [0.15, 0.2) is 17.2 Å². The van der Waals surface area contributed by atoms with Crippen molar-refractivity contribution in [2.75, 3.05) is 34.4 Å². The quantitative estimate of drug-likeness (QED) is 0.568. The summed E-state index contributed by atoms with van der Waals surface area (Å²) in [5.41, 5.74) is 1.74. The van der Waals surface area contributed by atoms with E-state index in [2.05, 4.69) is 10.2 Å². The van der Waals surface area contributed by atoms with Crippen LogP contribution < -0.4 is 14.2 Å². The molecular weight excluding hydrogens is 426 g/mol. The van der Waals surface area contributed by atoms with Gasteiger partial charge in [-0.1, -0.05) is 18.2 Å². The normalized spacial score (nSPS) is 13.2. The van der Waals surface area contributed by atoms with E-state index in [4.69, 9.17) is 14.2 Å². The summed E-state index contributed by atoms with van der Waals surface area (Å²) in [6.45, 7) is 2.51. The largest absolute Gasteiger partial charge is 0.493 e. The number of methoxy groups -OCH3 is 3. The van der Waals surface area contributed by atoms with Gasteiger partial charge < -0.3 is 14.2 Å². The Bertz CT molecular complexity index is 1150. The number of aromatic nitrogens is 3. The summed E-state index contributed by atoms with van der Waals surface area (Å²) in [7, 11) is 4.46. The molecule has 2 aromatic carbocycles. The molecule has 0 N–H and O–H groups in total. The lowest BCUT2D eigenvalue weighted by molar-refractivity contribution is 0.0181. The molecule has 4 rings (SSSR count). The second kappa shape index (κ2) is 9.19. The highest BCUT2D eigenvalue weighted by Gasteiger charge is 2.35. The first kappa shape index (κ1) is 22.1. The van der Waals surface area contributed by atoms with E-state index in [1.807, 2.05) is 30.3 Å². The first-order valence-corrected chi connectivity index (χ1v) is 10.4. The van der Waals surface area contributed by atoms with E-state index >= 15 is 0 Å².